The van der Waals surface area contributed by atoms with Crippen molar-refractivity contribution in [2.75, 3.05) is 11.4 Å². The fourth-order valence-corrected chi connectivity index (χ4v) is 2.76. The molecule has 0 saturated carbocycles. The minimum atomic E-state index is -0.0827. The molecule has 1 aliphatic heterocycles. The summed E-state index contributed by atoms with van der Waals surface area (Å²) in [6, 6.07) is 12.7. The van der Waals surface area contributed by atoms with Crippen molar-refractivity contribution in [1.29, 1.82) is 0 Å². The lowest BCUT2D eigenvalue weighted by Crippen LogP contribution is -2.46. The monoisotopic (exact) mass is 282 g/mol. The largest absolute Gasteiger partial charge is 0.508 e. The Bertz CT molecular complexity index is 697. The number of rotatable bonds is 1. The van der Waals surface area contributed by atoms with Gasteiger partial charge < -0.3 is 15.7 Å². The van der Waals surface area contributed by atoms with Gasteiger partial charge in [0.2, 0.25) is 0 Å². The van der Waals surface area contributed by atoms with E-state index in [1.165, 1.54) is 0 Å². The summed E-state index contributed by atoms with van der Waals surface area (Å²) in [7, 11) is 0. The Morgan fingerprint density at radius 2 is 2.05 bits per heavy atom. The Hall–Kier alpha value is -2.33. The Morgan fingerprint density at radius 1 is 1.29 bits per heavy atom. The van der Waals surface area contributed by atoms with Gasteiger partial charge in [-0.15, -0.1) is 0 Å². The number of carbonyl (C=O) groups excluding carboxylic acids is 1. The van der Waals surface area contributed by atoms with Gasteiger partial charge in [0.1, 0.15) is 5.75 Å². The zero-order valence-corrected chi connectivity index (χ0v) is 11.9. The number of benzene rings is 2. The van der Waals surface area contributed by atoms with E-state index in [0.29, 0.717) is 17.7 Å². The number of nitrogens with zero attached hydrogens (tertiary/aromatic N) is 1. The van der Waals surface area contributed by atoms with Gasteiger partial charge in [0.15, 0.2) is 0 Å². The molecule has 21 heavy (non-hydrogen) atoms. The van der Waals surface area contributed by atoms with E-state index in [4.69, 9.17) is 5.73 Å². The Labute approximate surface area is 123 Å². The molecule has 1 unspecified atom stereocenters. The molecule has 1 aliphatic rings. The van der Waals surface area contributed by atoms with Crippen molar-refractivity contribution in [1.82, 2.24) is 0 Å². The standard InChI is InChI=1S/C17H18N2O2/c1-11-8-13(6-7-16(11)20)17(21)19-10-14(18)9-12-4-2-3-5-15(12)19/h2-8,14,20H,9-10,18H2,1H3. The van der Waals surface area contributed by atoms with Crippen molar-refractivity contribution in [3.8, 4) is 5.75 Å². The number of nitrogens with two attached hydrogens (primary N) is 1. The highest BCUT2D eigenvalue weighted by atomic mass is 16.3. The molecule has 1 atom stereocenters. The maximum atomic E-state index is 12.8. The zero-order chi connectivity index (χ0) is 15.0. The van der Waals surface area contributed by atoms with Gasteiger partial charge in [0, 0.05) is 23.8 Å². The van der Waals surface area contributed by atoms with Crippen molar-refractivity contribution in [3.63, 3.8) is 0 Å². The van der Waals surface area contributed by atoms with Crippen LogP contribution in [0.5, 0.6) is 5.75 Å². The van der Waals surface area contributed by atoms with Gasteiger partial charge in [-0.25, -0.2) is 0 Å². The molecule has 0 aliphatic carbocycles. The predicted molar refractivity (Wildman–Crippen MR) is 82.6 cm³/mol. The van der Waals surface area contributed by atoms with Gasteiger partial charge in [-0.2, -0.15) is 0 Å². The lowest BCUT2D eigenvalue weighted by molar-refractivity contribution is 0.0983. The third-order valence-electron chi connectivity index (χ3n) is 3.87. The molecular weight excluding hydrogens is 264 g/mol. The number of hydrogen-bond donors (Lipinski definition) is 2. The van der Waals surface area contributed by atoms with E-state index in [9.17, 15) is 9.90 Å². The molecule has 0 saturated heterocycles. The summed E-state index contributed by atoms with van der Waals surface area (Å²) in [4.78, 5) is 14.5. The average Bonchev–Trinajstić information content (AvgIpc) is 2.48. The highest BCUT2D eigenvalue weighted by Gasteiger charge is 2.27. The summed E-state index contributed by atoms with van der Waals surface area (Å²) >= 11 is 0. The quantitative estimate of drug-likeness (QED) is 0.843. The summed E-state index contributed by atoms with van der Waals surface area (Å²) in [6.45, 7) is 2.29. The fraction of sp³-hybridized carbons (Fsp3) is 0.235. The number of carbonyl (C=O) groups is 1. The first-order valence-corrected chi connectivity index (χ1v) is 7.01. The van der Waals surface area contributed by atoms with E-state index in [0.717, 1.165) is 17.7 Å². The SMILES string of the molecule is Cc1cc(C(=O)N2CC(N)Cc3ccccc32)ccc1O. The molecule has 0 radical (unpaired) electrons. The maximum absolute atomic E-state index is 12.8. The van der Waals surface area contributed by atoms with Crippen LogP contribution in [0.1, 0.15) is 21.5 Å². The number of aryl methyl sites for hydroxylation is 1. The molecule has 1 heterocycles. The second-order valence-electron chi connectivity index (χ2n) is 5.51. The minimum absolute atomic E-state index is 0.0536. The van der Waals surface area contributed by atoms with Crippen LogP contribution in [0.2, 0.25) is 0 Å². The number of anilines is 1. The van der Waals surface area contributed by atoms with Crippen LogP contribution in [-0.2, 0) is 6.42 Å². The smallest absolute Gasteiger partial charge is 0.258 e. The number of phenolic OH excluding ortho intramolecular Hbond substituents is 1. The van der Waals surface area contributed by atoms with E-state index in [1.807, 2.05) is 24.3 Å². The second-order valence-corrected chi connectivity index (χ2v) is 5.51. The van der Waals surface area contributed by atoms with Crippen molar-refractivity contribution in [2.24, 2.45) is 5.73 Å². The van der Waals surface area contributed by atoms with E-state index >= 15 is 0 Å². The highest BCUT2D eigenvalue weighted by Crippen LogP contribution is 2.28. The van der Waals surface area contributed by atoms with Crippen LogP contribution in [-0.4, -0.2) is 23.6 Å². The Morgan fingerprint density at radius 3 is 2.81 bits per heavy atom. The third kappa shape index (κ3) is 2.50. The summed E-state index contributed by atoms with van der Waals surface area (Å²) in [5.74, 6) is 0.114. The molecular formula is C17H18N2O2. The first-order valence-electron chi connectivity index (χ1n) is 7.01. The van der Waals surface area contributed by atoms with Crippen molar-refractivity contribution in [3.05, 3.63) is 59.2 Å². The topological polar surface area (TPSA) is 66.6 Å². The van der Waals surface area contributed by atoms with Crippen LogP contribution in [0, 0.1) is 6.92 Å². The Balaban J connectivity index is 1.99. The Kier molecular flexibility index (Phi) is 3.39. The van der Waals surface area contributed by atoms with Crippen LogP contribution < -0.4 is 10.6 Å². The molecule has 3 N–H and O–H groups in total. The summed E-state index contributed by atoms with van der Waals surface area (Å²) < 4.78 is 0. The van der Waals surface area contributed by atoms with Gasteiger partial charge in [-0.1, -0.05) is 18.2 Å². The molecule has 108 valence electrons. The van der Waals surface area contributed by atoms with Crippen molar-refractivity contribution >= 4 is 11.6 Å². The van der Waals surface area contributed by atoms with E-state index < -0.39 is 0 Å². The molecule has 4 heteroatoms. The normalized spacial score (nSPS) is 17.4. The van der Waals surface area contributed by atoms with Gasteiger partial charge in [-0.05, 0) is 48.7 Å². The van der Waals surface area contributed by atoms with E-state index in [1.54, 1.807) is 30.0 Å². The molecule has 0 bridgehead atoms. The first kappa shape index (κ1) is 13.6. The van der Waals surface area contributed by atoms with Crippen molar-refractivity contribution in [2.45, 2.75) is 19.4 Å². The first-order chi connectivity index (χ1) is 10.1. The molecule has 0 spiro atoms. The minimum Gasteiger partial charge on any atom is -0.508 e. The summed E-state index contributed by atoms with van der Waals surface area (Å²) in [6.07, 6.45) is 0.786. The van der Waals surface area contributed by atoms with Crippen molar-refractivity contribution < 1.29 is 9.90 Å². The molecule has 3 rings (SSSR count). The summed E-state index contributed by atoms with van der Waals surface area (Å²) in [5, 5.41) is 9.59. The molecule has 4 nitrogen and oxygen atoms in total. The van der Waals surface area contributed by atoms with E-state index in [-0.39, 0.29) is 17.7 Å². The lowest BCUT2D eigenvalue weighted by Gasteiger charge is -2.33. The number of fused-ring (bicyclic) bond motifs is 1. The number of aromatic hydroxyl groups is 1. The van der Waals surface area contributed by atoms with Crippen LogP contribution in [0.15, 0.2) is 42.5 Å². The van der Waals surface area contributed by atoms with Crippen LogP contribution in [0.4, 0.5) is 5.69 Å². The van der Waals surface area contributed by atoms with Crippen LogP contribution >= 0.6 is 0 Å². The fourth-order valence-electron chi connectivity index (χ4n) is 2.76. The second kappa shape index (κ2) is 5.22. The number of para-hydroxylation sites is 1. The lowest BCUT2D eigenvalue weighted by atomic mass is 9.97. The molecule has 0 aromatic heterocycles. The van der Waals surface area contributed by atoms with Gasteiger partial charge >= 0.3 is 0 Å². The molecule has 2 aromatic rings. The van der Waals surface area contributed by atoms with Gasteiger partial charge in [0.25, 0.3) is 5.91 Å². The van der Waals surface area contributed by atoms with Gasteiger partial charge in [-0.3, -0.25) is 4.79 Å². The number of phenols is 1. The highest BCUT2D eigenvalue weighted by molar-refractivity contribution is 6.07. The van der Waals surface area contributed by atoms with Crippen LogP contribution in [0.25, 0.3) is 0 Å². The predicted octanol–water partition coefficient (Wildman–Crippen LogP) is 2.23. The van der Waals surface area contributed by atoms with Crippen LogP contribution in [0.3, 0.4) is 0 Å². The molecule has 0 fully saturated rings. The summed E-state index contributed by atoms with van der Waals surface area (Å²) in [5.41, 5.74) is 9.35. The number of amides is 1. The average molecular weight is 282 g/mol. The number of hydrogen-bond acceptors (Lipinski definition) is 3. The van der Waals surface area contributed by atoms with E-state index in [2.05, 4.69) is 0 Å². The van der Waals surface area contributed by atoms with Gasteiger partial charge in [0.05, 0.1) is 0 Å². The zero-order valence-electron chi connectivity index (χ0n) is 11.9. The molecule has 1 amide bonds. The molecule has 2 aromatic carbocycles. The maximum Gasteiger partial charge on any atom is 0.258 e. The third-order valence-corrected chi connectivity index (χ3v) is 3.87.